The molecule has 0 saturated heterocycles. The molecule has 0 aliphatic carbocycles. The van der Waals surface area contributed by atoms with Crippen molar-refractivity contribution in [2.75, 3.05) is 6.54 Å². The lowest BCUT2D eigenvalue weighted by atomic mass is 9.92. The van der Waals surface area contributed by atoms with Gasteiger partial charge in [0.2, 0.25) is 0 Å². The number of nitrogens with two attached hydrogens (primary N) is 1. The summed E-state index contributed by atoms with van der Waals surface area (Å²) in [4.78, 5) is 9.76. The lowest BCUT2D eigenvalue weighted by molar-refractivity contribution is -0.137. The zero-order valence-electron chi connectivity index (χ0n) is 13.1. The molecule has 0 atom stereocenters. The summed E-state index contributed by atoms with van der Waals surface area (Å²) >= 11 is 0. The maximum Gasteiger partial charge on any atom is 0.303 e. The summed E-state index contributed by atoms with van der Waals surface area (Å²) in [5.74, 6) is -0.380. The van der Waals surface area contributed by atoms with E-state index in [0.717, 1.165) is 12.8 Å². The number of rotatable bonds is 6. The van der Waals surface area contributed by atoms with Crippen LogP contribution in [0.5, 0.6) is 0 Å². The van der Waals surface area contributed by atoms with Crippen LogP contribution in [0.3, 0.4) is 0 Å². The summed E-state index contributed by atoms with van der Waals surface area (Å²) in [7, 11) is 0. The summed E-state index contributed by atoms with van der Waals surface area (Å²) in [6, 6.07) is 20.8. The highest BCUT2D eigenvalue weighted by Gasteiger charge is 2.10. The van der Waals surface area contributed by atoms with E-state index in [1.165, 1.54) is 11.1 Å². The highest BCUT2D eigenvalue weighted by molar-refractivity contribution is 5.66. The Morgan fingerprint density at radius 1 is 1.00 bits per heavy atom. The highest BCUT2D eigenvalue weighted by atomic mass is 16.4. The van der Waals surface area contributed by atoms with E-state index in [4.69, 9.17) is 10.8 Å². The predicted octanol–water partition coefficient (Wildman–Crippen LogP) is 4.04. The fourth-order valence-corrected chi connectivity index (χ4v) is 2.16. The number of aliphatic carboxylic acids is 1. The normalized spacial score (nSPS) is 9.95. The number of carboxylic acids is 1. The number of benzene rings is 2. The zero-order valence-corrected chi connectivity index (χ0v) is 13.1. The summed E-state index contributed by atoms with van der Waals surface area (Å²) in [5.41, 5.74) is 8.40. The smallest absolute Gasteiger partial charge is 0.303 e. The first kappa shape index (κ1) is 17.9. The Bertz CT molecular complexity index is 486. The van der Waals surface area contributed by atoms with Crippen molar-refractivity contribution in [3.63, 3.8) is 0 Å². The second-order valence-electron chi connectivity index (χ2n) is 5.11. The molecule has 0 heterocycles. The minimum atomic E-state index is -0.693. The average Bonchev–Trinajstić information content (AvgIpc) is 2.56. The topological polar surface area (TPSA) is 63.3 Å². The van der Waals surface area contributed by atoms with Crippen molar-refractivity contribution >= 4 is 5.97 Å². The van der Waals surface area contributed by atoms with Crippen LogP contribution < -0.4 is 5.73 Å². The van der Waals surface area contributed by atoms with E-state index < -0.39 is 5.97 Å². The fourth-order valence-electron chi connectivity index (χ4n) is 2.16. The quantitative estimate of drug-likeness (QED) is 0.846. The molecule has 0 amide bonds. The van der Waals surface area contributed by atoms with E-state index in [9.17, 15) is 4.79 Å². The number of hydrogen-bond acceptors (Lipinski definition) is 2. The van der Waals surface area contributed by atoms with Crippen LogP contribution >= 0.6 is 0 Å². The Labute approximate surface area is 132 Å². The second-order valence-corrected chi connectivity index (χ2v) is 5.11. The molecule has 0 aromatic heterocycles. The van der Waals surface area contributed by atoms with Crippen molar-refractivity contribution < 1.29 is 9.90 Å². The summed E-state index contributed by atoms with van der Waals surface area (Å²) < 4.78 is 0. The third-order valence-electron chi connectivity index (χ3n) is 3.38. The average molecular weight is 299 g/mol. The molecular formula is C19H25NO2. The first-order valence-electron chi connectivity index (χ1n) is 7.70. The molecule has 0 unspecified atom stereocenters. The summed E-state index contributed by atoms with van der Waals surface area (Å²) in [6.45, 7) is 2.62. The van der Waals surface area contributed by atoms with E-state index in [1.807, 2.05) is 19.1 Å². The molecule has 2 rings (SSSR count). The molecule has 0 spiro atoms. The number of carbonyl (C=O) groups is 1. The van der Waals surface area contributed by atoms with E-state index >= 15 is 0 Å². The van der Waals surface area contributed by atoms with Crippen LogP contribution in [0.2, 0.25) is 0 Å². The van der Waals surface area contributed by atoms with Gasteiger partial charge in [-0.05, 0) is 17.5 Å². The second kappa shape index (κ2) is 10.6. The molecule has 2 aromatic rings. The van der Waals surface area contributed by atoms with Gasteiger partial charge in [0, 0.05) is 18.9 Å². The molecule has 3 N–H and O–H groups in total. The van der Waals surface area contributed by atoms with Gasteiger partial charge >= 0.3 is 5.97 Å². The number of hydrogen-bond donors (Lipinski definition) is 2. The van der Waals surface area contributed by atoms with Crippen LogP contribution in [0, 0.1) is 0 Å². The Morgan fingerprint density at radius 2 is 1.45 bits per heavy atom. The van der Waals surface area contributed by atoms with E-state index in [0.29, 0.717) is 18.9 Å². The highest BCUT2D eigenvalue weighted by Crippen LogP contribution is 2.22. The van der Waals surface area contributed by atoms with Gasteiger partial charge < -0.3 is 10.8 Å². The molecule has 0 aliphatic rings. The third-order valence-corrected chi connectivity index (χ3v) is 3.38. The molecule has 0 radical (unpaired) electrons. The summed E-state index contributed by atoms with van der Waals surface area (Å²) in [6.07, 6.45) is 2.08. The Balaban J connectivity index is 0.000000295. The van der Waals surface area contributed by atoms with Gasteiger partial charge in [0.25, 0.3) is 0 Å². The zero-order chi connectivity index (χ0) is 16.2. The molecule has 22 heavy (non-hydrogen) atoms. The van der Waals surface area contributed by atoms with Crippen molar-refractivity contribution in [3.8, 4) is 0 Å². The molecule has 0 bridgehead atoms. The van der Waals surface area contributed by atoms with Crippen LogP contribution in [0.4, 0.5) is 0 Å². The van der Waals surface area contributed by atoms with Crippen LogP contribution in [-0.2, 0) is 4.79 Å². The van der Waals surface area contributed by atoms with Crippen LogP contribution in [0.1, 0.15) is 43.2 Å². The van der Waals surface area contributed by atoms with Crippen LogP contribution in [-0.4, -0.2) is 17.6 Å². The number of carboxylic acid groups (broad SMARTS) is 1. The third kappa shape index (κ3) is 6.55. The molecule has 3 nitrogen and oxygen atoms in total. The SMILES string of the molecule is CCCCC(=O)O.NCC(c1ccccc1)c1ccccc1. The monoisotopic (exact) mass is 299 g/mol. The van der Waals surface area contributed by atoms with Crippen molar-refractivity contribution in [1.82, 2.24) is 0 Å². The molecule has 118 valence electrons. The Hall–Kier alpha value is -2.13. The van der Waals surface area contributed by atoms with Gasteiger partial charge in [-0.2, -0.15) is 0 Å². The minimum absolute atomic E-state index is 0.312. The van der Waals surface area contributed by atoms with Crippen molar-refractivity contribution in [3.05, 3.63) is 71.8 Å². The minimum Gasteiger partial charge on any atom is -0.481 e. The molecule has 0 fully saturated rings. The molecule has 3 heteroatoms. The van der Waals surface area contributed by atoms with Crippen LogP contribution in [0.15, 0.2) is 60.7 Å². The Kier molecular flexibility index (Phi) is 8.61. The molecular weight excluding hydrogens is 274 g/mol. The summed E-state index contributed by atoms with van der Waals surface area (Å²) in [5, 5.41) is 8.04. The fraction of sp³-hybridized carbons (Fsp3) is 0.316. The molecule has 2 aromatic carbocycles. The van der Waals surface area contributed by atoms with E-state index in [1.54, 1.807) is 0 Å². The van der Waals surface area contributed by atoms with Crippen molar-refractivity contribution in [1.29, 1.82) is 0 Å². The van der Waals surface area contributed by atoms with E-state index in [2.05, 4.69) is 48.5 Å². The van der Waals surface area contributed by atoms with Gasteiger partial charge in [-0.1, -0.05) is 74.0 Å². The van der Waals surface area contributed by atoms with Gasteiger partial charge in [-0.15, -0.1) is 0 Å². The van der Waals surface area contributed by atoms with Gasteiger partial charge in [0.15, 0.2) is 0 Å². The van der Waals surface area contributed by atoms with Gasteiger partial charge in [-0.25, -0.2) is 0 Å². The maximum atomic E-state index is 9.76. The standard InChI is InChI=1S/C14H15N.C5H10O2/c15-11-14(12-7-3-1-4-8-12)13-9-5-2-6-10-13;1-2-3-4-5(6)7/h1-10,14H,11,15H2;2-4H2,1H3,(H,6,7). The first-order valence-corrected chi connectivity index (χ1v) is 7.70. The van der Waals surface area contributed by atoms with Gasteiger partial charge in [0.1, 0.15) is 0 Å². The van der Waals surface area contributed by atoms with Crippen LogP contribution in [0.25, 0.3) is 0 Å². The predicted molar refractivity (Wildman–Crippen MR) is 90.9 cm³/mol. The largest absolute Gasteiger partial charge is 0.481 e. The Morgan fingerprint density at radius 3 is 1.73 bits per heavy atom. The first-order chi connectivity index (χ1) is 10.7. The molecule has 0 saturated carbocycles. The lowest BCUT2D eigenvalue weighted by Gasteiger charge is -2.15. The number of unbranched alkanes of at least 4 members (excludes halogenated alkanes) is 1. The van der Waals surface area contributed by atoms with Crippen molar-refractivity contribution in [2.24, 2.45) is 5.73 Å². The van der Waals surface area contributed by atoms with Crippen molar-refractivity contribution in [2.45, 2.75) is 32.1 Å². The maximum absolute atomic E-state index is 9.76. The van der Waals surface area contributed by atoms with Gasteiger partial charge in [0.05, 0.1) is 0 Å². The lowest BCUT2D eigenvalue weighted by Crippen LogP contribution is -2.13. The van der Waals surface area contributed by atoms with E-state index in [-0.39, 0.29) is 0 Å². The molecule has 0 aliphatic heterocycles. The van der Waals surface area contributed by atoms with Gasteiger partial charge in [-0.3, -0.25) is 4.79 Å².